The van der Waals surface area contributed by atoms with Gasteiger partial charge in [0.05, 0.1) is 11.3 Å². The zero-order chi connectivity index (χ0) is 15.2. The summed E-state index contributed by atoms with van der Waals surface area (Å²) in [6.45, 7) is 4.22. The highest BCUT2D eigenvalue weighted by Crippen LogP contribution is 2.35. The first-order valence-electron chi connectivity index (χ1n) is 7.54. The second-order valence-electron chi connectivity index (χ2n) is 5.09. The first kappa shape index (κ1) is 16.6. The van der Waals surface area contributed by atoms with E-state index in [2.05, 4.69) is 12.2 Å². The minimum absolute atomic E-state index is 0.384. The molecule has 0 bridgehead atoms. The average molecular weight is 325 g/mol. The van der Waals surface area contributed by atoms with Crippen LogP contribution in [0.4, 0.5) is 5.69 Å². The molecule has 0 radical (unpaired) electrons. The van der Waals surface area contributed by atoms with E-state index in [4.69, 9.17) is 0 Å². The topological polar surface area (TPSA) is 49.3 Å². The molecule has 1 aliphatic rings. The zero-order valence-electron chi connectivity index (χ0n) is 12.6. The summed E-state index contributed by atoms with van der Waals surface area (Å²) in [5.74, 6) is 1.15. The molecule has 1 aromatic rings. The number of nitrogens with one attached hydrogen (secondary N) is 1. The van der Waals surface area contributed by atoms with E-state index in [0.29, 0.717) is 16.9 Å². The van der Waals surface area contributed by atoms with Gasteiger partial charge in [0.15, 0.2) is 0 Å². The van der Waals surface area contributed by atoms with E-state index in [1.54, 1.807) is 11.8 Å². The van der Waals surface area contributed by atoms with Gasteiger partial charge in [0, 0.05) is 16.2 Å². The third-order valence-corrected chi connectivity index (χ3v) is 5.98. The zero-order valence-corrected chi connectivity index (χ0v) is 14.2. The number of carboxylic acids is 1. The van der Waals surface area contributed by atoms with Gasteiger partial charge in [-0.25, -0.2) is 4.79 Å². The summed E-state index contributed by atoms with van der Waals surface area (Å²) < 4.78 is 0. The van der Waals surface area contributed by atoms with Crippen molar-refractivity contribution in [3.05, 3.63) is 23.8 Å². The third-order valence-electron chi connectivity index (χ3n) is 3.71. The molecule has 1 aromatic carbocycles. The molecule has 5 heteroatoms. The lowest BCUT2D eigenvalue weighted by molar-refractivity contribution is 0.0694. The van der Waals surface area contributed by atoms with Crippen molar-refractivity contribution < 1.29 is 9.90 Å². The molecule has 1 aliphatic carbocycles. The number of aromatic carboxylic acids is 1. The van der Waals surface area contributed by atoms with Crippen molar-refractivity contribution in [2.45, 2.75) is 49.3 Å². The van der Waals surface area contributed by atoms with Crippen molar-refractivity contribution in [2.24, 2.45) is 0 Å². The van der Waals surface area contributed by atoms with Crippen molar-refractivity contribution in [1.82, 2.24) is 0 Å². The number of hydrogen-bond donors (Lipinski definition) is 2. The monoisotopic (exact) mass is 325 g/mol. The van der Waals surface area contributed by atoms with Crippen LogP contribution < -0.4 is 5.32 Å². The molecular formula is C16H23NO2S2. The second-order valence-corrected chi connectivity index (χ2v) is 7.91. The standard InChI is InChI=1S/C16H23NO2S2/c1-3-20-13-9-5-7-11(13)17-12-8-6-10-14(21-4-2)15(12)16(18)19/h6,8,10-11,13,17H,3-5,7,9H2,1-2H3,(H,18,19). The van der Waals surface area contributed by atoms with Crippen LogP contribution in [0.2, 0.25) is 0 Å². The quantitative estimate of drug-likeness (QED) is 0.718. The average Bonchev–Trinajstić information content (AvgIpc) is 2.87. The Hall–Kier alpha value is -0.810. The lowest BCUT2D eigenvalue weighted by Gasteiger charge is -2.23. The summed E-state index contributed by atoms with van der Waals surface area (Å²) in [6.07, 6.45) is 3.57. The predicted molar refractivity (Wildman–Crippen MR) is 93.0 cm³/mol. The molecule has 2 atom stereocenters. The van der Waals surface area contributed by atoms with Crippen LogP contribution in [0, 0.1) is 0 Å². The van der Waals surface area contributed by atoms with Gasteiger partial charge in [-0.15, -0.1) is 11.8 Å². The predicted octanol–water partition coefficient (Wildman–Crippen LogP) is 4.58. The van der Waals surface area contributed by atoms with Crippen LogP contribution in [0.3, 0.4) is 0 Å². The molecule has 1 saturated carbocycles. The molecule has 1 fully saturated rings. The Labute approximate surface area is 135 Å². The van der Waals surface area contributed by atoms with Crippen LogP contribution >= 0.6 is 23.5 Å². The van der Waals surface area contributed by atoms with E-state index in [0.717, 1.165) is 28.5 Å². The van der Waals surface area contributed by atoms with Gasteiger partial charge in [0.2, 0.25) is 0 Å². The molecule has 2 rings (SSSR count). The first-order chi connectivity index (χ1) is 10.2. The van der Waals surface area contributed by atoms with Gasteiger partial charge in [0.1, 0.15) is 0 Å². The Morgan fingerprint density at radius 1 is 1.33 bits per heavy atom. The van der Waals surface area contributed by atoms with Crippen LogP contribution in [-0.2, 0) is 0 Å². The number of hydrogen-bond acceptors (Lipinski definition) is 4. The number of rotatable bonds is 7. The Morgan fingerprint density at radius 2 is 2.14 bits per heavy atom. The Kier molecular flexibility index (Phi) is 6.30. The van der Waals surface area contributed by atoms with E-state index in [-0.39, 0.29) is 0 Å². The van der Waals surface area contributed by atoms with Gasteiger partial charge in [-0.05, 0) is 36.5 Å². The molecule has 0 saturated heterocycles. The highest BCUT2D eigenvalue weighted by atomic mass is 32.2. The van der Waals surface area contributed by atoms with Crippen LogP contribution in [0.5, 0.6) is 0 Å². The van der Waals surface area contributed by atoms with Crippen LogP contribution in [0.1, 0.15) is 43.5 Å². The second kappa shape index (κ2) is 7.99. The van der Waals surface area contributed by atoms with Gasteiger partial charge in [-0.3, -0.25) is 0 Å². The molecular weight excluding hydrogens is 302 g/mol. The van der Waals surface area contributed by atoms with E-state index < -0.39 is 5.97 Å². The fourth-order valence-corrected chi connectivity index (χ4v) is 4.88. The van der Waals surface area contributed by atoms with Gasteiger partial charge in [-0.1, -0.05) is 26.3 Å². The third kappa shape index (κ3) is 4.10. The SMILES string of the molecule is CCSc1cccc(NC2CCCC2SCC)c1C(=O)O. The number of thioether (sulfide) groups is 2. The first-order valence-corrected chi connectivity index (χ1v) is 9.58. The van der Waals surface area contributed by atoms with Crippen molar-refractivity contribution in [3.8, 4) is 0 Å². The molecule has 0 aliphatic heterocycles. The van der Waals surface area contributed by atoms with Crippen LogP contribution in [0.15, 0.2) is 23.1 Å². The van der Waals surface area contributed by atoms with Crippen molar-refractivity contribution in [2.75, 3.05) is 16.8 Å². The highest BCUT2D eigenvalue weighted by molar-refractivity contribution is 8.00. The number of anilines is 1. The van der Waals surface area contributed by atoms with Crippen molar-refractivity contribution in [1.29, 1.82) is 0 Å². The fourth-order valence-electron chi connectivity index (χ4n) is 2.85. The smallest absolute Gasteiger partial charge is 0.338 e. The number of benzene rings is 1. The number of carboxylic acid groups (broad SMARTS) is 1. The molecule has 2 N–H and O–H groups in total. The molecule has 2 unspecified atom stereocenters. The maximum Gasteiger partial charge on any atom is 0.338 e. The Bertz CT molecular complexity index is 493. The summed E-state index contributed by atoms with van der Waals surface area (Å²) >= 11 is 3.57. The van der Waals surface area contributed by atoms with Crippen LogP contribution in [-0.4, -0.2) is 33.9 Å². The number of carbonyl (C=O) groups is 1. The molecule has 0 aromatic heterocycles. The largest absolute Gasteiger partial charge is 0.478 e. The van der Waals surface area contributed by atoms with E-state index in [9.17, 15) is 9.90 Å². The molecule has 3 nitrogen and oxygen atoms in total. The minimum atomic E-state index is -0.841. The molecule has 21 heavy (non-hydrogen) atoms. The normalized spacial score (nSPS) is 21.4. The summed E-state index contributed by atoms with van der Waals surface area (Å²) in [6, 6.07) is 6.13. The van der Waals surface area contributed by atoms with E-state index >= 15 is 0 Å². The van der Waals surface area contributed by atoms with Crippen molar-refractivity contribution >= 4 is 35.2 Å². The highest BCUT2D eigenvalue weighted by Gasteiger charge is 2.28. The molecule has 0 spiro atoms. The van der Waals surface area contributed by atoms with Gasteiger partial charge < -0.3 is 10.4 Å². The Morgan fingerprint density at radius 3 is 2.81 bits per heavy atom. The molecule has 0 heterocycles. The van der Waals surface area contributed by atoms with E-state index in [1.165, 1.54) is 12.8 Å². The summed E-state index contributed by atoms with van der Waals surface area (Å²) in [4.78, 5) is 12.5. The summed E-state index contributed by atoms with van der Waals surface area (Å²) in [5.41, 5.74) is 1.20. The van der Waals surface area contributed by atoms with E-state index in [1.807, 2.05) is 36.9 Å². The maximum atomic E-state index is 11.6. The van der Waals surface area contributed by atoms with Crippen LogP contribution in [0.25, 0.3) is 0 Å². The Balaban J connectivity index is 2.22. The lowest BCUT2D eigenvalue weighted by atomic mass is 10.1. The summed E-state index contributed by atoms with van der Waals surface area (Å²) in [7, 11) is 0. The molecule has 0 amide bonds. The molecule has 116 valence electrons. The van der Waals surface area contributed by atoms with Gasteiger partial charge in [0.25, 0.3) is 0 Å². The van der Waals surface area contributed by atoms with Gasteiger partial charge in [-0.2, -0.15) is 11.8 Å². The maximum absolute atomic E-state index is 11.6. The minimum Gasteiger partial charge on any atom is -0.478 e. The van der Waals surface area contributed by atoms with Crippen molar-refractivity contribution in [3.63, 3.8) is 0 Å². The fraction of sp³-hybridized carbons (Fsp3) is 0.562. The summed E-state index contributed by atoms with van der Waals surface area (Å²) in [5, 5.41) is 13.7. The van der Waals surface area contributed by atoms with Gasteiger partial charge >= 0.3 is 5.97 Å². The lowest BCUT2D eigenvalue weighted by Crippen LogP contribution is -2.27.